The molecule has 0 spiro atoms. The first-order valence-corrected chi connectivity index (χ1v) is 6.60. The van der Waals surface area contributed by atoms with Crippen molar-refractivity contribution in [1.82, 2.24) is 0 Å². The SMILES string of the molecule is C[C@@H](O)c1cccc(OCc2ccccc2Br)c1. The van der Waals surface area contributed by atoms with Crippen molar-refractivity contribution in [2.75, 3.05) is 0 Å². The number of rotatable bonds is 4. The standard InChI is InChI=1S/C15H15BrO2/c1-11(17)12-6-4-7-14(9-12)18-10-13-5-2-3-8-15(13)16/h2-9,11,17H,10H2,1H3/t11-/m1/s1. The lowest BCUT2D eigenvalue weighted by Crippen LogP contribution is -1.97. The highest BCUT2D eigenvalue weighted by atomic mass is 79.9. The second-order valence-electron chi connectivity index (χ2n) is 4.13. The maximum Gasteiger partial charge on any atom is 0.120 e. The molecule has 0 saturated carbocycles. The Morgan fingerprint density at radius 2 is 1.94 bits per heavy atom. The number of aliphatic hydroxyl groups excluding tert-OH is 1. The molecule has 0 aliphatic heterocycles. The topological polar surface area (TPSA) is 29.5 Å². The highest BCUT2D eigenvalue weighted by molar-refractivity contribution is 9.10. The van der Waals surface area contributed by atoms with E-state index in [0.717, 1.165) is 21.3 Å². The van der Waals surface area contributed by atoms with Crippen LogP contribution in [0.2, 0.25) is 0 Å². The summed E-state index contributed by atoms with van der Waals surface area (Å²) in [6, 6.07) is 15.5. The third-order valence-electron chi connectivity index (χ3n) is 2.69. The smallest absolute Gasteiger partial charge is 0.120 e. The van der Waals surface area contributed by atoms with Crippen LogP contribution >= 0.6 is 15.9 Å². The molecule has 0 aliphatic rings. The Kier molecular flexibility index (Phi) is 4.39. The molecule has 3 heteroatoms. The van der Waals surface area contributed by atoms with Crippen LogP contribution in [0.3, 0.4) is 0 Å². The van der Waals surface area contributed by atoms with Gasteiger partial charge >= 0.3 is 0 Å². The Bertz CT molecular complexity index is 523. The van der Waals surface area contributed by atoms with Crippen molar-refractivity contribution in [3.05, 3.63) is 64.1 Å². The van der Waals surface area contributed by atoms with E-state index in [-0.39, 0.29) is 0 Å². The van der Waals surface area contributed by atoms with Gasteiger partial charge in [-0.15, -0.1) is 0 Å². The maximum absolute atomic E-state index is 9.51. The van der Waals surface area contributed by atoms with Gasteiger partial charge in [-0.05, 0) is 30.7 Å². The Morgan fingerprint density at radius 3 is 2.67 bits per heavy atom. The van der Waals surface area contributed by atoms with Gasteiger partial charge in [-0.3, -0.25) is 0 Å². The summed E-state index contributed by atoms with van der Waals surface area (Å²) in [5, 5.41) is 9.51. The number of halogens is 1. The molecule has 0 saturated heterocycles. The van der Waals surface area contributed by atoms with E-state index in [1.54, 1.807) is 6.92 Å². The van der Waals surface area contributed by atoms with Gasteiger partial charge in [-0.1, -0.05) is 46.3 Å². The Morgan fingerprint density at radius 1 is 1.17 bits per heavy atom. The molecule has 2 nitrogen and oxygen atoms in total. The van der Waals surface area contributed by atoms with Gasteiger partial charge in [0, 0.05) is 10.0 Å². The molecule has 0 bridgehead atoms. The van der Waals surface area contributed by atoms with Crippen LogP contribution in [-0.4, -0.2) is 5.11 Å². The first-order valence-electron chi connectivity index (χ1n) is 5.81. The summed E-state index contributed by atoms with van der Waals surface area (Å²) in [5.74, 6) is 0.768. The van der Waals surface area contributed by atoms with E-state index in [9.17, 15) is 5.11 Å². The fraction of sp³-hybridized carbons (Fsp3) is 0.200. The second kappa shape index (κ2) is 6.03. The van der Waals surface area contributed by atoms with Gasteiger partial charge < -0.3 is 9.84 Å². The minimum absolute atomic E-state index is 0.475. The van der Waals surface area contributed by atoms with Gasteiger partial charge in [-0.25, -0.2) is 0 Å². The quantitative estimate of drug-likeness (QED) is 0.922. The number of aliphatic hydroxyl groups is 1. The van der Waals surface area contributed by atoms with E-state index in [4.69, 9.17) is 4.74 Å². The van der Waals surface area contributed by atoms with Crippen LogP contribution in [0, 0.1) is 0 Å². The minimum Gasteiger partial charge on any atom is -0.489 e. The molecule has 94 valence electrons. The average Bonchev–Trinajstić information content (AvgIpc) is 2.38. The van der Waals surface area contributed by atoms with Crippen molar-refractivity contribution >= 4 is 15.9 Å². The molecule has 2 aromatic rings. The van der Waals surface area contributed by atoms with Crippen molar-refractivity contribution in [3.63, 3.8) is 0 Å². The van der Waals surface area contributed by atoms with Crippen LogP contribution < -0.4 is 4.74 Å². The predicted molar refractivity (Wildman–Crippen MR) is 75.5 cm³/mol. The fourth-order valence-corrected chi connectivity index (χ4v) is 2.04. The second-order valence-corrected chi connectivity index (χ2v) is 4.98. The van der Waals surface area contributed by atoms with Crippen LogP contribution in [0.15, 0.2) is 53.0 Å². The minimum atomic E-state index is -0.475. The Balaban J connectivity index is 2.07. The highest BCUT2D eigenvalue weighted by Crippen LogP contribution is 2.22. The molecular weight excluding hydrogens is 292 g/mol. The molecular formula is C15H15BrO2. The summed E-state index contributed by atoms with van der Waals surface area (Å²) in [6.07, 6.45) is -0.475. The molecule has 0 heterocycles. The summed E-state index contributed by atoms with van der Waals surface area (Å²) in [6.45, 7) is 2.25. The molecule has 0 unspecified atom stereocenters. The summed E-state index contributed by atoms with van der Waals surface area (Å²) >= 11 is 3.49. The molecule has 1 atom stereocenters. The Hall–Kier alpha value is -1.32. The van der Waals surface area contributed by atoms with Gasteiger partial charge in [0.05, 0.1) is 6.10 Å². The lowest BCUT2D eigenvalue weighted by Gasteiger charge is -2.10. The lowest BCUT2D eigenvalue weighted by molar-refractivity contribution is 0.198. The summed E-state index contributed by atoms with van der Waals surface area (Å²) in [7, 11) is 0. The van der Waals surface area contributed by atoms with Crippen molar-refractivity contribution in [1.29, 1.82) is 0 Å². The van der Waals surface area contributed by atoms with Crippen LogP contribution in [0.25, 0.3) is 0 Å². The largest absolute Gasteiger partial charge is 0.489 e. The van der Waals surface area contributed by atoms with Crippen molar-refractivity contribution < 1.29 is 9.84 Å². The number of hydrogen-bond acceptors (Lipinski definition) is 2. The number of benzene rings is 2. The zero-order valence-corrected chi connectivity index (χ0v) is 11.7. The molecule has 1 N–H and O–H groups in total. The van der Waals surface area contributed by atoms with Crippen molar-refractivity contribution in [3.8, 4) is 5.75 Å². The van der Waals surface area contributed by atoms with E-state index in [0.29, 0.717) is 6.61 Å². The molecule has 0 aromatic heterocycles. The van der Waals surface area contributed by atoms with E-state index >= 15 is 0 Å². The number of hydrogen-bond donors (Lipinski definition) is 1. The van der Waals surface area contributed by atoms with E-state index in [1.807, 2.05) is 48.5 Å². The van der Waals surface area contributed by atoms with Crippen LogP contribution in [0.1, 0.15) is 24.2 Å². The summed E-state index contributed by atoms with van der Waals surface area (Å²) in [5.41, 5.74) is 1.96. The third-order valence-corrected chi connectivity index (χ3v) is 3.47. The van der Waals surface area contributed by atoms with Gasteiger partial charge in [-0.2, -0.15) is 0 Å². The fourth-order valence-electron chi connectivity index (χ4n) is 1.64. The van der Waals surface area contributed by atoms with Gasteiger partial charge in [0.15, 0.2) is 0 Å². The highest BCUT2D eigenvalue weighted by Gasteiger charge is 2.03. The summed E-state index contributed by atoms with van der Waals surface area (Å²) in [4.78, 5) is 0. The number of ether oxygens (including phenoxy) is 1. The zero-order valence-electron chi connectivity index (χ0n) is 10.1. The van der Waals surface area contributed by atoms with Crippen LogP contribution in [-0.2, 0) is 6.61 Å². The third kappa shape index (κ3) is 3.34. The molecule has 0 amide bonds. The molecule has 2 aromatic carbocycles. The average molecular weight is 307 g/mol. The lowest BCUT2D eigenvalue weighted by atomic mass is 10.1. The van der Waals surface area contributed by atoms with Gasteiger partial charge in [0.25, 0.3) is 0 Å². The van der Waals surface area contributed by atoms with Gasteiger partial charge in [0.2, 0.25) is 0 Å². The monoisotopic (exact) mass is 306 g/mol. The predicted octanol–water partition coefficient (Wildman–Crippen LogP) is 4.08. The molecule has 0 fully saturated rings. The van der Waals surface area contributed by atoms with E-state index < -0.39 is 6.10 Å². The maximum atomic E-state index is 9.51. The first kappa shape index (κ1) is 13.1. The van der Waals surface area contributed by atoms with Crippen LogP contribution in [0.5, 0.6) is 5.75 Å². The summed E-state index contributed by atoms with van der Waals surface area (Å²) < 4.78 is 6.76. The molecule has 18 heavy (non-hydrogen) atoms. The van der Waals surface area contributed by atoms with Crippen LogP contribution in [0.4, 0.5) is 0 Å². The zero-order chi connectivity index (χ0) is 13.0. The van der Waals surface area contributed by atoms with Gasteiger partial charge in [0.1, 0.15) is 12.4 Å². The van der Waals surface area contributed by atoms with E-state index in [1.165, 1.54) is 0 Å². The first-order chi connectivity index (χ1) is 8.66. The molecule has 0 radical (unpaired) electrons. The molecule has 2 rings (SSSR count). The van der Waals surface area contributed by atoms with Crippen molar-refractivity contribution in [2.45, 2.75) is 19.6 Å². The normalized spacial score (nSPS) is 12.2. The molecule has 0 aliphatic carbocycles. The Labute approximate surface area is 115 Å². The van der Waals surface area contributed by atoms with E-state index in [2.05, 4.69) is 15.9 Å². The van der Waals surface area contributed by atoms with Crippen molar-refractivity contribution in [2.24, 2.45) is 0 Å².